The molecule has 0 spiro atoms. The fraction of sp³-hybridized carbons (Fsp3) is 0.364. The van der Waals surface area contributed by atoms with Gasteiger partial charge in [0.2, 0.25) is 0 Å². The van der Waals surface area contributed by atoms with Gasteiger partial charge in [0.1, 0.15) is 5.82 Å². The second-order valence-electron chi connectivity index (χ2n) is 4.38. The van der Waals surface area contributed by atoms with Crippen molar-refractivity contribution in [2.24, 2.45) is 0 Å². The number of hydrogen-bond donors (Lipinski definition) is 1. The molecule has 19 heavy (non-hydrogen) atoms. The van der Waals surface area contributed by atoms with Crippen LogP contribution in [0.3, 0.4) is 0 Å². The zero-order valence-electron chi connectivity index (χ0n) is 9.61. The minimum Gasteiger partial charge on any atom is -0.302 e. The molecule has 0 radical (unpaired) electrons. The SMILES string of the molecule is O=C(Nc1c(C2CC2)nc2cnccn12)C(F)(F)F. The maximum absolute atomic E-state index is 12.3. The molecular formula is C11H9F3N4O. The molecule has 1 fully saturated rings. The van der Waals surface area contributed by atoms with E-state index in [0.717, 1.165) is 12.8 Å². The van der Waals surface area contributed by atoms with Gasteiger partial charge in [0, 0.05) is 18.3 Å². The number of aromatic nitrogens is 3. The summed E-state index contributed by atoms with van der Waals surface area (Å²) in [6.07, 6.45) is 1.15. The first-order valence-corrected chi connectivity index (χ1v) is 5.67. The number of hydrogen-bond acceptors (Lipinski definition) is 3. The van der Waals surface area contributed by atoms with Crippen LogP contribution in [0.25, 0.3) is 5.65 Å². The Morgan fingerprint density at radius 2 is 2.16 bits per heavy atom. The van der Waals surface area contributed by atoms with Crippen LogP contribution in [-0.4, -0.2) is 26.5 Å². The maximum Gasteiger partial charge on any atom is 0.471 e. The van der Waals surface area contributed by atoms with Crippen molar-refractivity contribution < 1.29 is 18.0 Å². The average molecular weight is 270 g/mol. The summed E-state index contributed by atoms with van der Waals surface area (Å²) in [6.45, 7) is 0. The predicted octanol–water partition coefficient (Wildman–Crippen LogP) is 2.11. The first-order valence-electron chi connectivity index (χ1n) is 5.67. The van der Waals surface area contributed by atoms with Crippen molar-refractivity contribution in [2.45, 2.75) is 24.9 Å². The van der Waals surface area contributed by atoms with Gasteiger partial charge in [-0.2, -0.15) is 13.2 Å². The molecule has 1 N–H and O–H groups in total. The first-order chi connectivity index (χ1) is 8.97. The highest BCUT2D eigenvalue weighted by molar-refractivity contribution is 5.95. The van der Waals surface area contributed by atoms with Crippen LogP contribution < -0.4 is 5.32 Å². The zero-order valence-corrected chi connectivity index (χ0v) is 9.61. The molecule has 0 aromatic carbocycles. The van der Waals surface area contributed by atoms with E-state index in [1.807, 2.05) is 5.32 Å². The molecule has 5 nitrogen and oxygen atoms in total. The van der Waals surface area contributed by atoms with Gasteiger partial charge in [-0.1, -0.05) is 0 Å². The first kappa shape index (κ1) is 11.9. The highest BCUT2D eigenvalue weighted by Crippen LogP contribution is 2.43. The molecule has 1 aliphatic rings. The number of nitrogens with one attached hydrogen (secondary N) is 1. The van der Waals surface area contributed by atoms with Gasteiger partial charge >= 0.3 is 12.1 Å². The molecule has 1 aliphatic carbocycles. The van der Waals surface area contributed by atoms with E-state index in [4.69, 9.17) is 0 Å². The van der Waals surface area contributed by atoms with Crippen LogP contribution in [-0.2, 0) is 4.79 Å². The lowest BCUT2D eigenvalue weighted by molar-refractivity contribution is -0.167. The summed E-state index contributed by atoms with van der Waals surface area (Å²) in [5.74, 6) is -1.79. The second kappa shape index (κ2) is 3.94. The molecule has 2 aromatic heterocycles. The molecule has 2 aromatic rings. The fourth-order valence-corrected chi connectivity index (χ4v) is 1.87. The Hall–Kier alpha value is -2.12. The highest BCUT2D eigenvalue weighted by Gasteiger charge is 2.40. The lowest BCUT2D eigenvalue weighted by atomic mass is 10.3. The fourth-order valence-electron chi connectivity index (χ4n) is 1.87. The third-order valence-corrected chi connectivity index (χ3v) is 2.91. The normalized spacial score (nSPS) is 15.7. The number of carbonyl (C=O) groups is 1. The number of imidazole rings is 1. The molecule has 0 saturated heterocycles. The largest absolute Gasteiger partial charge is 0.471 e. The van der Waals surface area contributed by atoms with E-state index in [1.165, 1.54) is 23.0 Å². The Labute approximate surface area is 105 Å². The van der Waals surface area contributed by atoms with Crippen LogP contribution in [0.4, 0.5) is 19.0 Å². The highest BCUT2D eigenvalue weighted by atomic mass is 19.4. The Kier molecular flexibility index (Phi) is 2.48. The number of anilines is 1. The number of carbonyl (C=O) groups excluding carboxylic acids is 1. The van der Waals surface area contributed by atoms with Gasteiger partial charge in [-0.05, 0) is 12.8 Å². The molecule has 0 unspecified atom stereocenters. The summed E-state index contributed by atoms with van der Waals surface area (Å²) in [6, 6.07) is 0. The van der Waals surface area contributed by atoms with Gasteiger partial charge in [0.15, 0.2) is 5.65 Å². The third kappa shape index (κ3) is 2.13. The Morgan fingerprint density at radius 1 is 1.42 bits per heavy atom. The van der Waals surface area contributed by atoms with Crippen molar-refractivity contribution in [3.63, 3.8) is 0 Å². The predicted molar refractivity (Wildman–Crippen MR) is 59.6 cm³/mol. The zero-order chi connectivity index (χ0) is 13.6. The lowest BCUT2D eigenvalue weighted by Gasteiger charge is -2.09. The van der Waals surface area contributed by atoms with Crippen LogP contribution in [0.5, 0.6) is 0 Å². The van der Waals surface area contributed by atoms with E-state index in [2.05, 4.69) is 9.97 Å². The molecule has 3 rings (SSSR count). The summed E-state index contributed by atoms with van der Waals surface area (Å²) in [5.41, 5.74) is 0.910. The number of fused-ring (bicyclic) bond motifs is 1. The Balaban J connectivity index is 2.05. The number of amides is 1. The van der Waals surface area contributed by atoms with Crippen molar-refractivity contribution in [1.29, 1.82) is 0 Å². The van der Waals surface area contributed by atoms with Crippen LogP contribution in [0.2, 0.25) is 0 Å². The molecule has 100 valence electrons. The number of halogens is 3. The van der Waals surface area contributed by atoms with Gasteiger partial charge in [-0.15, -0.1) is 0 Å². The van der Waals surface area contributed by atoms with E-state index in [9.17, 15) is 18.0 Å². The maximum atomic E-state index is 12.3. The quantitative estimate of drug-likeness (QED) is 0.909. The third-order valence-electron chi connectivity index (χ3n) is 2.91. The van der Waals surface area contributed by atoms with E-state index in [0.29, 0.717) is 11.3 Å². The molecule has 1 amide bonds. The van der Waals surface area contributed by atoms with Gasteiger partial charge in [-0.3, -0.25) is 14.2 Å². The molecule has 0 aliphatic heterocycles. The van der Waals surface area contributed by atoms with E-state index < -0.39 is 12.1 Å². The summed E-state index contributed by atoms with van der Waals surface area (Å²) >= 11 is 0. The minimum absolute atomic E-state index is 0.0854. The van der Waals surface area contributed by atoms with E-state index in [1.54, 1.807) is 0 Å². The average Bonchev–Trinajstić information content (AvgIpc) is 3.12. The molecule has 1 saturated carbocycles. The molecule has 0 atom stereocenters. The summed E-state index contributed by atoms with van der Waals surface area (Å²) < 4.78 is 38.4. The van der Waals surface area contributed by atoms with Crippen molar-refractivity contribution >= 4 is 17.4 Å². The van der Waals surface area contributed by atoms with Crippen molar-refractivity contribution in [3.05, 3.63) is 24.3 Å². The van der Waals surface area contributed by atoms with Crippen LogP contribution in [0, 0.1) is 0 Å². The molecular weight excluding hydrogens is 261 g/mol. The van der Waals surface area contributed by atoms with E-state index in [-0.39, 0.29) is 11.7 Å². The molecule has 0 bridgehead atoms. The number of rotatable bonds is 2. The van der Waals surface area contributed by atoms with E-state index >= 15 is 0 Å². The van der Waals surface area contributed by atoms with Crippen LogP contribution in [0.15, 0.2) is 18.6 Å². The standard InChI is InChI=1S/C11H9F3N4O/c12-11(13,14)10(19)17-9-8(6-1-2-6)16-7-5-15-3-4-18(7)9/h3-6H,1-2H2,(H,17,19). The minimum atomic E-state index is -4.92. The van der Waals surface area contributed by atoms with Gasteiger partial charge in [-0.25, -0.2) is 4.98 Å². The Morgan fingerprint density at radius 3 is 2.79 bits per heavy atom. The smallest absolute Gasteiger partial charge is 0.302 e. The van der Waals surface area contributed by atoms with Crippen molar-refractivity contribution in [2.75, 3.05) is 5.32 Å². The molecule has 8 heteroatoms. The monoisotopic (exact) mass is 270 g/mol. The number of alkyl halides is 3. The van der Waals surface area contributed by atoms with Crippen LogP contribution in [0.1, 0.15) is 24.5 Å². The van der Waals surface area contributed by atoms with Gasteiger partial charge in [0.25, 0.3) is 0 Å². The molecule has 2 heterocycles. The van der Waals surface area contributed by atoms with Crippen molar-refractivity contribution in [1.82, 2.24) is 14.4 Å². The summed E-state index contributed by atoms with van der Waals surface area (Å²) in [4.78, 5) is 19.2. The van der Waals surface area contributed by atoms with Gasteiger partial charge in [0.05, 0.1) is 11.9 Å². The van der Waals surface area contributed by atoms with Gasteiger partial charge < -0.3 is 5.32 Å². The summed E-state index contributed by atoms with van der Waals surface area (Å²) in [5, 5.41) is 1.90. The lowest BCUT2D eigenvalue weighted by Crippen LogP contribution is -2.30. The number of nitrogens with zero attached hydrogens (tertiary/aromatic N) is 3. The topological polar surface area (TPSA) is 59.3 Å². The second-order valence-corrected chi connectivity index (χ2v) is 4.38. The van der Waals surface area contributed by atoms with Crippen molar-refractivity contribution in [3.8, 4) is 0 Å². The van der Waals surface area contributed by atoms with Crippen LogP contribution >= 0.6 is 0 Å². The Bertz CT molecular complexity index is 645. The summed E-state index contributed by atoms with van der Waals surface area (Å²) in [7, 11) is 0.